The maximum absolute atomic E-state index is 12.4. The van der Waals surface area contributed by atoms with Crippen LogP contribution in [0.2, 0.25) is 0 Å². The lowest BCUT2D eigenvalue weighted by Crippen LogP contribution is -2.33. The van der Waals surface area contributed by atoms with Crippen LogP contribution in [0.3, 0.4) is 0 Å². The summed E-state index contributed by atoms with van der Waals surface area (Å²) < 4.78 is 11.2. The molecule has 5 heteroatoms. The number of hydrogen-bond donors (Lipinski definition) is 0. The molecule has 26 heavy (non-hydrogen) atoms. The SMILES string of the molecule is CCCN(CCC)C(=O)OC(C#N)c1cccc(Oc2ccccc2)c1. The van der Waals surface area contributed by atoms with Crippen LogP contribution in [0.1, 0.15) is 38.4 Å². The Balaban J connectivity index is 2.10. The summed E-state index contributed by atoms with van der Waals surface area (Å²) in [4.78, 5) is 14.0. The van der Waals surface area contributed by atoms with Crippen molar-refractivity contribution >= 4 is 6.09 Å². The van der Waals surface area contributed by atoms with E-state index in [1.807, 2.05) is 44.2 Å². The highest BCUT2D eigenvalue weighted by molar-refractivity contribution is 5.68. The van der Waals surface area contributed by atoms with Gasteiger partial charge in [-0.15, -0.1) is 0 Å². The molecule has 0 aliphatic carbocycles. The summed E-state index contributed by atoms with van der Waals surface area (Å²) in [5, 5.41) is 9.46. The number of ether oxygens (including phenoxy) is 2. The molecule has 0 fully saturated rings. The Morgan fingerprint density at radius 2 is 1.69 bits per heavy atom. The monoisotopic (exact) mass is 352 g/mol. The molecule has 0 aliphatic heterocycles. The minimum Gasteiger partial charge on any atom is -0.457 e. The standard InChI is InChI=1S/C21H24N2O3/c1-3-13-23(14-4-2)21(24)26-20(16-22)17-9-8-12-19(15-17)25-18-10-6-5-7-11-18/h5-12,15,20H,3-4,13-14H2,1-2H3. The van der Waals surface area contributed by atoms with Crippen molar-refractivity contribution in [3.8, 4) is 17.6 Å². The van der Waals surface area contributed by atoms with Gasteiger partial charge in [-0.25, -0.2) is 4.79 Å². The minimum absolute atomic E-state index is 0.463. The Bertz CT molecular complexity index is 734. The quantitative estimate of drug-likeness (QED) is 0.646. The Hall–Kier alpha value is -3.00. The van der Waals surface area contributed by atoms with Crippen molar-refractivity contribution in [1.82, 2.24) is 4.90 Å². The van der Waals surface area contributed by atoms with Crippen LogP contribution in [0.15, 0.2) is 54.6 Å². The molecule has 0 saturated carbocycles. The number of carbonyl (C=O) groups excluding carboxylic acids is 1. The third kappa shape index (κ3) is 5.52. The fraction of sp³-hybridized carbons (Fsp3) is 0.333. The van der Waals surface area contributed by atoms with Gasteiger partial charge in [0.25, 0.3) is 0 Å². The van der Waals surface area contributed by atoms with E-state index in [0.29, 0.717) is 30.2 Å². The zero-order chi connectivity index (χ0) is 18.8. The van der Waals surface area contributed by atoms with Gasteiger partial charge in [-0.3, -0.25) is 0 Å². The van der Waals surface area contributed by atoms with Crippen LogP contribution in [0.25, 0.3) is 0 Å². The number of carbonyl (C=O) groups is 1. The van der Waals surface area contributed by atoms with Gasteiger partial charge in [-0.05, 0) is 37.1 Å². The van der Waals surface area contributed by atoms with Crippen LogP contribution >= 0.6 is 0 Å². The zero-order valence-corrected chi connectivity index (χ0v) is 15.2. The van der Waals surface area contributed by atoms with Gasteiger partial charge in [0, 0.05) is 18.7 Å². The molecule has 2 aromatic rings. The first kappa shape index (κ1) is 19.3. The van der Waals surface area contributed by atoms with Crippen molar-refractivity contribution < 1.29 is 14.3 Å². The third-order valence-corrected chi connectivity index (χ3v) is 3.72. The second kappa shape index (κ2) is 10.1. The summed E-state index contributed by atoms with van der Waals surface area (Å²) in [5.41, 5.74) is 0.585. The van der Waals surface area contributed by atoms with Crippen molar-refractivity contribution in [1.29, 1.82) is 5.26 Å². The number of nitriles is 1. The number of nitrogens with zero attached hydrogens (tertiary/aromatic N) is 2. The number of para-hydroxylation sites is 1. The Morgan fingerprint density at radius 1 is 1.04 bits per heavy atom. The lowest BCUT2D eigenvalue weighted by atomic mass is 10.1. The van der Waals surface area contributed by atoms with Crippen molar-refractivity contribution in [2.24, 2.45) is 0 Å². The Labute approximate surface area is 154 Å². The van der Waals surface area contributed by atoms with Crippen LogP contribution in [-0.2, 0) is 4.74 Å². The summed E-state index contributed by atoms with van der Waals surface area (Å²) in [7, 11) is 0. The van der Waals surface area contributed by atoms with Gasteiger partial charge in [0.2, 0.25) is 6.10 Å². The maximum atomic E-state index is 12.4. The molecule has 136 valence electrons. The lowest BCUT2D eigenvalue weighted by Gasteiger charge is -2.22. The Kier molecular flexibility index (Phi) is 7.50. The second-order valence-corrected chi connectivity index (χ2v) is 5.87. The molecule has 1 atom stereocenters. The van der Waals surface area contributed by atoms with E-state index in [9.17, 15) is 10.1 Å². The first-order chi connectivity index (χ1) is 12.7. The van der Waals surface area contributed by atoms with Crippen LogP contribution in [0, 0.1) is 11.3 Å². The van der Waals surface area contributed by atoms with E-state index in [1.165, 1.54) is 0 Å². The molecule has 2 rings (SSSR count). The fourth-order valence-electron chi connectivity index (χ4n) is 2.54. The zero-order valence-electron chi connectivity index (χ0n) is 15.2. The van der Waals surface area contributed by atoms with E-state index < -0.39 is 12.2 Å². The predicted octanol–water partition coefficient (Wildman–Crippen LogP) is 5.30. The van der Waals surface area contributed by atoms with E-state index in [4.69, 9.17) is 9.47 Å². The van der Waals surface area contributed by atoms with Gasteiger partial charge in [-0.2, -0.15) is 5.26 Å². The average Bonchev–Trinajstić information content (AvgIpc) is 2.66. The van der Waals surface area contributed by atoms with E-state index >= 15 is 0 Å². The van der Waals surface area contributed by atoms with Crippen molar-refractivity contribution in [3.05, 3.63) is 60.2 Å². The second-order valence-electron chi connectivity index (χ2n) is 5.87. The lowest BCUT2D eigenvalue weighted by molar-refractivity contribution is 0.0822. The molecule has 1 unspecified atom stereocenters. The molecular weight excluding hydrogens is 328 g/mol. The molecule has 5 nitrogen and oxygen atoms in total. The van der Waals surface area contributed by atoms with E-state index in [1.54, 1.807) is 29.2 Å². The fourth-order valence-corrected chi connectivity index (χ4v) is 2.54. The largest absolute Gasteiger partial charge is 0.457 e. The normalized spacial score (nSPS) is 11.3. The summed E-state index contributed by atoms with van der Waals surface area (Å²) in [5.74, 6) is 1.29. The number of hydrogen-bond acceptors (Lipinski definition) is 4. The van der Waals surface area contributed by atoms with Gasteiger partial charge in [-0.1, -0.05) is 44.2 Å². The van der Waals surface area contributed by atoms with Crippen LogP contribution in [0.5, 0.6) is 11.5 Å². The van der Waals surface area contributed by atoms with Gasteiger partial charge >= 0.3 is 6.09 Å². The first-order valence-electron chi connectivity index (χ1n) is 8.86. The highest BCUT2D eigenvalue weighted by atomic mass is 16.6. The molecule has 2 aromatic carbocycles. The predicted molar refractivity (Wildman–Crippen MR) is 99.9 cm³/mol. The van der Waals surface area contributed by atoms with Crippen LogP contribution < -0.4 is 4.74 Å². The van der Waals surface area contributed by atoms with Crippen molar-refractivity contribution in [2.45, 2.75) is 32.8 Å². The number of rotatable bonds is 8. The maximum Gasteiger partial charge on any atom is 0.411 e. The topological polar surface area (TPSA) is 62.6 Å². The van der Waals surface area contributed by atoms with Crippen LogP contribution in [0.4, 0.5) is 4.79 Å². The first-order valence-corrected chi connectivity index (χ1v) is 8.86. The minimum atomic E-state index is -0.974. The summed E-state index contributed by atoms with van der Waals surface area (Å²) in [6.45, 7) is 5.23. The molecule has 0 N–H and O–H groups in total. The van der Waals surface area contributed by atoms with Gasteiger partial charge in [0.1, 0.15) is 17.6 Å². The van der Waals surface area contributed by atoms with Gasteiger partial charge in [0.05, 0.1) is 0 Å². The molecule has 0 spiro atoms. The van der Waals surface area contributed by atoms with Gasteiger partial charge in [0.15, 0.2) is 0 Å². The number of benzene rings is 2. The average molecular weight is 352 g/mol. The van der Waals surface area contributed by atoms with Crippen molar-refractivity contribution in [2.75, 3.05) is 13.1 Å². The Morgan fingerprint density at radius 3 is 2.31 bits per heavy atom. The molecule has 0 radical (unpaired) electrons. The van der Waals surface area contributed by atoms with E-state index in [2.05, 4.69) is 6.07 Å². The molecule has 0 heterocycles. The molecule has 0 bridgehead atoms. The molecular formula is C21H24N2O3. The molecule has 1 amide bonds. The highest BCUT2D eigenvalue weighted by Crippen LogP contribution is 2.26. The summed E-state index contributed by atoms with van der Waals surface area (Å²) in [6, 6.07) is 18.5. The van der Waals surface area contributed by atoms with Gasteiger partial charge < -0.3 is 14.4 Å². The highest BCUT2D eigenvalue weighted by Gasteiger charge is 2.21. The number of amides is 1. The van der Waals surface area contributed by atoms with Crippen molar-refractivity contribution in [3.63, 3.8) is 0 Å². The van der Waals surface area contributed by atoms with E-state index in [0.717, 1.165) is 12.8 Å². The molecule has 0 saturated heterocycles. The van der Waals surface area contributed by atoms with Crippen LogP contribution in [-0.4, -0.2) is 24.1 Å². The summed E-state index contributed by atoms with van der Waals surface area (Å²) in [6.07, 6.45) is 0.243. The smallest absolute Gasteiger partial charge is 0.411 e. The third-order valence-electron chi connectivity index (χ3n) is 3.72. The molecule has 0 aromatic heterocycles. The molecule has 0 aliphatic rings. The van der Waals surface area contributed by atoms with E-state index in [-0.39, 0.29) is 0 Å². The summed E-state index contributed by atoms with van der Waals surface area (Å²) >= 11 is 0.